The molecule has 2 atom stereocenters. The lowest BCUT2D eigenvalue weighted by Crippen LogP contribution is -2.58. The van der Waals surface area contributed by atoms with Crippen LogP contribution < -0.4 is 15.0 Å². The molecule has 0 bridgehead atoms. The molecule has 0 amide bonds. The fourth-order valence-corrected chi connectivity index (χ4v) is 4.48. The quantitative estimate of drug-likeness (QED) is 0.699. The van der Waals surface area contributed by atoms with E-state index in [2.05, 4.69) is 15.2 Å². The number of ether oxygens (including phenoxy) is 2. The van der Waals surface area contributed by atoms with E-state index in [9.17, 15) is 4.39 Å². The molecule has 3 aliphatic rings. The van der Waals surface area contributed by atoms with Crippen molar-refractivity contribution in [3.8, 4) is 22.8 Å². The summed E-state index contributed by atoms with van der Waals surface area (Å²) in [6, 6.07) is 12.2. The molecule has 2 aromatic heterocycles. The van der Waals surface area contributed by atoms with Gasteiger partial charge in [0.05, 0.1) is 37.1 Å². The molecular formula is C23H24FN5O2. The van der Waals surface area contributed by atoms with Crippen molar-refractivity contribution in [3.63, 3.8) is 0 Å². The van der Waals surface area contributed by atoms with E-state index >= 15 is 0 Å². The van der Waals surface area contributed by atoms with Crippen molar-refractivity contribution in [2.24, 2.45) is 0 Å². The molecule has 31 heavy (non-hydrogen) atoms. The van der Waals surface area contributed by atoms with Crippen molar-refractivity contribution in [2.45, 2.75) is 31.3 Å². The second kappa shape index (κ2) is 7.62. The molecule has 160 valence electrons. The topological polar surface area (TPSA) is 64.4 Å². The molecule has 0 radical (unpaired) electrons. The first-order valence-corrected chi connectivity index (χ1v) is 10.7. The van der Waals surface area contributed by atoms with Crippen molar-refractivity contribution >= 4 is 5.69 Å². The van der Waals surface area contributed by atoms with Crippen LogP contribution in [0.2, 0.25) is 0 Å². The number of fused-ring (bicyclic) bond motifs is 3. The highest BCUT2D eigenvalue weighted by Gasteiger charge is 2.32. The molecule has 7 nitrogen and oxygen atoms in total. The van der Waals surface area contributed by atoms with Gasteiger partial charge in [0.2, 0.25) is 5.88 Å². The van der Waals surface area contributed by atoms with Crippen molar-refractivity contribution in [3.05, 3.63) is 54.4 Å². The van der Waals surface area contributed by atoms with Gasteiger partial charge in [0, 0.05) is 36.2 Å². The number of alkyl halides is 1. The van der Waals surface area contributed by atoms with Crippen LogP contribution in [0.4, 0.5) is 10.1 Å². The molecular weight excluding hydrogens is 397 g/mol. The molecule has 3 aliphatic heterocycles. The summed E-state index contributed by atoms with van der Waals surface area (Å²) in [7, 11) is 0. The molecule has 8 heteroatoms. The smallest absolute Gasteiger partial charge is 0.223 e. The van der Waals surface area contributed by atoms with Gasteiger partial charge in [-0.3, -0.25) is 0 Å². The number of benzene rings is 1. The van der Waals surface area contributed by atoms with Gasteiger partial charge < -0.3 is 19.7 Å². The minimum atomic E-state index is -0.888. The normalized spacial score (nSPS) is 22.9. The SMILES string of the molecule is F[C@@H]1CN(c2ccc(-n3cc4c(n3)-c3cccnc3OC4)cc2)CCC1NC1COC1. The van der Waals surface area contributed by atoms with Gasteiger partial charge >= 0.3 is 0 Å². The summed E-state index contributed by atoms with van der Waals surface area (Å²) >= 11 is 0. The van der Waals surface area contributed by atoms with E-state index in [1.54, 1.807) is 6.20 Å². The van der Waals surface area contributed by atoms with Gasteiger partial charge in [0.25, 0.3) is 0 Å². The Balaban J connectivity index is 1.17. The number of hydrogen-bond donors (Lipinski definition) is 1. The standard InChI is InChI=1S/C23H24FN5O2/c24-20-11-28(9-7-21(20)26-16-13-30-14-16)17-3-5-18(6-4-17)29-10-15-12-31-23-19(22(15)27-29)2-1-8-25-23/h1-6,8,10,16,20-21,26H,7,9,11-14H2/t20-,21?/m1/s1. The highest BCUT2D eigenvalue weighted by atomic mass is 19.1. The van der Waals surface area contributed by atoms with E-state index in [-0.39, 0.29) is 6.04 Å². The summed E-state index contributed by atoms with van der Waals surface area (Å²) in [6.45, 7) is 3.09. The summed E-state index contributed by atoms with van der Waals surface area (Å²) in [6.07, 6.45) is 3.63. The summed E-state index contributed by atoms with van der Waals surface area (Å²) in [4.78, 5) is 6.40. The fourth-order valence-electron chi connectivity index (χ4n) is 4.48. The largest absolute Gasteiger partial charge is 0.472 e. The first kappa shape index (κ1) is 18.8. The lowest BCUT2D eigenvalue weighted by atomic mass is 10.0. The second-order valence-electron chi connectivity index (χ2n) is 8.37. The molecule has 6 rings (SSSR count). The summed E-state index contributed by atoms with van der Waals surface area (Å²) < 4.78 is 27.5. The number of nitrogens with one attached hydrogen (secondary N) is 1. The summed E-state index contributed by atoms with van der Waals surface area (Å²) in [5.74, 6) is 0.624. The van der Waals surface area contributed by atoms with Crippen molar-refractivity contribution < 1.29 is 13.9 Å². The molecule has 2 fully saturated rings. The van der Waals surface area contributed by atoms with Crippen LogP contribution in [0.1, 0.15) is 12.0 Å². The number of piperidine rings is 1. The van der Waals surface area contributed by atoms with Gasteiger partial charge in [-0.1, -0.05) is 0 Å². The zero-order valence-electron chi connectivity index (χ0n) is 17.1. The lowest BCUT2D eigenvalue weighted by molar-refractivity contribution is -0.0159. The van der Waals surface area contributed by atoms with Crippen molar-refractivity contribution in [1.82, 2.24) is 20.1 Å². The first-order chi connectivity index (χ1) is 15.2. The number of pyridine rings is 1. The van der Waals surface area contributed by atoms with Gasteiger partial charge in [-0.05, 0) is 42.8 Å². The number of anilines is 1. The molecule has 1 aromatic carbocycles. The van der Waals surface area contributed by atoms with E-state index in [1.165, 1.54) is 0 Å². The number of aromatic nitrogens is 3. The van der Waals surface area contributed by atoms with Gasteiger partial charge in [0.1, 0.15) is 18.5 Å². The Labute approximate surface area is 179 Å². The van der Waals surface area contributed by atoms with Gasteiger partial charge in [-0.15, -0.1) is 0 Å². The van der Waals surface area contributed by atoms with Crippen LogP contribution in [-0.4, -0.2) is 59.3 Å². The van der Waals surface area contributed by atoms with Gasteiger partial charge in [0.15, 0.2) is 0 Å². The summed E-state index contributed by atoms with van der Waals surface area (Å²) in [5.41, 5.74) is 4.85. The van der Waals surface area contributed by atoms with Gasteiger partial charge in [-0.25, -0.2) is 14.1 Å². The van der Waals surface area contributed by atoms with Crippen molar-refractivity contribution in [1.29, 1.82) is 0 Å². The third-order valence-electron chi connectivity index (χ3n) is 6.29. The van der Waals surface area contributed by atoms with Gasteiger partial charge in [-0.2, -0.15) is 5.10 Å². The molecule has 0 spiro atoms. The van der Waals surface area contributed by atoms with Crippen LogP contribution in [-0.2, 0) is 11.3 Å². The monoisotopic (exact) mass is 421 g/mol. The van der Waals surface area contributed by atoms with Crippen LogP contribution in [0.5, 0.6) is 5.88 Å². The molecule has 2 saturated heterocycles. The second-order valence-corrected chi connectivity index (χ2v) is 8.37. The molecule has 1 N–H and O–H groups in total. The Bertz CT molecular complexity index is 1080. The first-order valence-electron chi connectivity index (χ1n) is 10.7. The predicted molar refractivity (Wildman–Crippen MR) is 114 cm³/mol. The maximum atomic E-state index is 14.7. The highest BCUT2D eigenvalue weighted by molar-refractivity contribution is 5.69. The average Bonchev–Trinajstić information content (AvgIpc) is 3.22. The van der Waals surface area contributed by atoms with Crippen molar-refractivity contribution in [2.75, 3.05) is 31.2 Å². The van der Waals surface area contributed by atoms with Crippen LogP contribution in [0, 0.1) is 0 Å². The number of rotatable bonds is 4. The van der Waals surface area contributed by atoms with Crippen LogP contribution >= 0.6 is 0 Å². The summed E-state index contributed by atoms with van der Waals surface area (Å²) in [5, 5.41) is 8.16. The molecule has 0 aliphatic carbocycles. The zero-order valence-corrected chi connectivity index (χ0v) is 17.1. The Kier molecular flexibility index (Phi) is 4.61. The zero-order chi connectivity index (χ0) is 20.8. The van der Waals surface area contributed by atoms with Crippen LogP contribution in [0.15, 0.2) is 48.8 Å². The Hall–Kier alpha value is -2.97. The van der Waals surface area contributed by atoms with E-state index in [0.717, 1.165) is 41.2 Å². The Morgan fingerprint density at radius 1 is 1.10 bits per heavy atom. The molecule has 1 unspecified atom stereocenters. The van der Waals surface area contributed by atoms with E-state index in [1.807, 2.05) is 47.3 Å². The molecule has 3 aromatic rings. The molecule has 0 saturated carbocycles. The van der Waals surface area contributed by atoms with E-state index in [4.69, 9.17) is 14.6 Å². The average molecular weight is 421 g/mol. The Morgan fingerprint density at radius 2 is 1.94 bits per heavy atom. The fraction of sp³-hybridized carbons (Fsp3) is 0.391. The lowest BCUT2D eigenvalue weighted by Gasteiger charge is -2.39. The number of nitrogens with zero attached hydrogens (tertiary/aromatic N) is 4. The van der Waals surface area contributed by atoms with E-state index in [0.29, 0.717) is 38.3 Å². The third kappa shape index (κ3) is 3.45. The van der Waals surface area contributed by atoms with E-state index < -0.39 is 6.17 Å². The third-order valence-corrected chi connectivity index (χ3v) is 6.29. The highest BCUT2D eigenvalue weighted by Crippen LogP contribution is 2.35. The maximum Gasteiger partial charge on any atom is 0.223 e. The van der Waals surface area contributed by atoms with Crippen LogP contribution in [0.3, 0.4) is 0 Å². The minimum Gasteiger partial charge on any atom is -0.472 e. The predicted octanol–water partition coefficient (Wildman–Crippen LogP) is 2.73. The molecule has 5 heterocycles. The maximum absolute atomic E-state index is 14.7. The number of hydrogen-bond acceptors (Lipinski definition) is 6. The Morgan fingerprint density at radius 3 is 2.71 bits per heavy atom. The minimum absolute atomic E-state index is 0.0839. The number of halogens is 1. The van der Waals surface area contributed by atoms with Crippen LogP contribution in [0.25, 0.3) is 16.9 Å².